The van der Waals surface area contributed by atoms with Crippen LogP contribution in [-0.4, -0.2) is 8.42 Å². The third-order valence-corrected chi connectivity index (χ3v) is 5.56. The summed E-state index contributed by atoms with van der Waals surface area (Å²) in [5.41, 5.74) is 1.68. The Kier molecular flexibility index (Phi) is 5.06. The zero-order chi connectivity index (χ0) is 15.5. The second kappa shape index (κ2) is 6.62. The molecule has 0 aromatic heterocycles. The maximum atomic E-state index is 12.4. The minimum atomic E-state index is -3.57. The topological polar surface area (TPSA) is 46.2 Å². The van der Waals surface area contributed by atoms with E-state index in [-0.39, 0.29) is 4.90 Å². The Balaban J connectivity index is 2.26. The fourth-order valence-corrected chi connectivity index (χ4v) is 3.55. The summed E-state index contributed by atoms with van der Waals surface area (Å²) in [4.78, 5) is 0.269. The molecule has 0 spiro atoms. The molecule has 2 aromatic carbocycles. The van der Waals surface area contributed by atoms with E-state index in [4.69, 9.17) is 0 Å². The fraction of sp³-hybridized carbons (Fsp3) is 0.250. The third-order valence-electron chi connectivity index (χ3n) is 3.49. The Morgan fingerprint density at radius 2 is 1.71 bits per heavy atom. The van der Waals surface area contributed by atoms with E-state index in [9.17, 15) is 8.42 Å². The van der Waals surface area contributed by atoms with Crippen molar-refractivity contribution in [1.82, 2.24) is 0 Å². The summed E-state index contributed by atoms with van der Waals surface area (Å²) in [5.74, 6) is 0.429. The summed E-state index contributed by atoms with van der Waals surface area (Å²) >= 11 is 3.33. The van der Waals surface area contributed by atoms with E-state index in [1.54, 1.807) is 30.3 Å². The molecule has 0 saturated heterocycles. The SMILES string of the molecule is CCC(C)c1ccc(S(=O)(=O)Nc2ccccc2Br)cc1. The molecular weight excluding hydrogens is 350 g/mol. The maximum Gasteiger partial charge on any atom is 0.261 e. The quantitative estimate of drug-likeness (QED) is 0.827. The average Bonchev–Trinajstić information content (AvgIpc) is 2.49. The summed E-state index contributed by atoms with van der Waals surface area (Å²) in [6.07, 6.45) is 1.03. The average molecular weight is 368 g/mol. The van der Waals surface area contributed by atoms with Crippen molar-refractivity contribution in [2.75, 3.05) is 4.72 Å². The second-order valence-electron chi connectivity index (χ2n) is 4.96. The zero-order valence-corrected chi connectivity index (χ0v) is 14.4. The van der Waals surface area contributed by atoms with Gasteiger partial charge in [-0.1, -0.05) is 38.1 Å². The van der Waals surface area contributed by atoms with Crippen LogP contribution in [0.25, 0.3) is 0 Å². The molecule has 0 amide bonds. The van der Waals surface area contributed by atoms with Crippen molar-refractivity contribution in [3.05, 3.63) is 58.6 Å². The predicted octanol–water partition coefficient (Wildman–Crippen LogP) is 4.76. The van der Waals surface area contributed by atoms with Gasteiger partial charge in [-0.15, -0.1) is 0 Å². The highest BCUT2D eigenvalue weighted by Gasteiger charge is 2.15. The number of para-hydroxylation sites is 1. The van der Waals surface area contributed by atoms with Gasteiger partial charge in [-0.25, -0.2) is 8.42 Å². The molecule has 1 unspecified atom stereocenters. The van der Waals surface area contributed by atoms with Gasteiger partial charge in [0.05, 0.1) is 10.6 Å². The van der Waals surface area contributed by atoms with Crippen molar-refractivity contribution < 1.29 is 8.42 Å². The van der Waals surface area contributed by atoms with Crippen molar-refractivity contribution in [3.8, 4) is 0 Å². The Morgan fingerprint density at radius 3 is 2.29 bits per heavy atom. The monoisotopic (exact) mass is 367 g/mol. The molecule has 112 valence electrons. The highest BCUT2D eigenvalue weighted by Crippen LogP contribution is 2.25. The van der Waals surface area contributed by atoms with Gasteiger partial charge >= 0.3 is 0 Å². The molecule has 1 N–H and O–H groups in total. The lowest BCUT2D eigenvalue weighted by Crippen LogP contribution is -2.13. The van der Waals surface area contributed by atoms with Crippen LogP contribution in [0.15, 0.2) is 57.9 Å². The number of sulfonamides is 1. The molecule has 0 saturated carbocycles. The molecule has 2 aromatic rings. The van der Waals surface area contributed by atoms with Crippen molar-refractivity contribution in [2.24, 2.45) is 0 Å². The van der Waals surface area contributed by atoms with Crippen molar-refractivity contribution >= 4 is 31.6 Å². The molecule has 21 heavy (non-hydrogen) atoms. The van der Waals surface area contributed by atoms with E-state index >= 15 is 0 Å². The van der Waals surface area contributed by atoms with Crippen molar-refractivity contribution in [2.45, 2.75) is 31.1 Å². The van der Waals surface area contributed by atoms with Crippen LogP contribution < -0.4 is 4.72 Å². The van der Waals surface area contributed by atoms with Crippen LogP contribution in [0.2, 0.25) is 0 Å². The van der Waals surface area contributed by atoms with Crippen LogP contribution in [0.1, 0.15) is 31.7 Å². The lowest BCUT2D eigenvalue weighted by molar-refractivity contribution is 0.601. The highest BCUT2D eigenvalue weighted by atomic mass is 79.9. The number of rotatable bonds is 5. The molecule has 0 aliphatic heterocycles. The largest absolute Gasteiger partial charge is 0.278 e. The van der Waals surface area contributed by atoms with Gasteiger partial charge in [-0.2, -0.15) is 0 Å². The van der Waals surface area contributed by atoms with Crippen LogP contribution in [-0.2, 0) is 10.0 Å². The van der Waals surface area contributed by atoms with Crippen LogP contribution in [0, 0.1) is 0 Å². The first-order chi connectivity index (χ1) is 9.94. The van der Waals surface area contributed by atoms with Gasteiger partial charge in [0.25, 0.3) is 10.0 Å². The summed E-state index contributed by atoms with van der Waals surface area (Å²) < 4.78 is 28.0. The predicted molar refractivity (Wildman–Crippen MR) is 90.1 cm³/mol. The highest BCUT2D eigenvalue weighted by molar-refractivity contribution is 9.10. The smallest absolute Gasteiger partial charge is 0.261 e. The van der Waals surface area contributed by atoms with Crippen LogP contribution in [0.3, 0.4) is 0 Å². The lowest BCUT2D eigenvalue weighted by atomic mass is 9.99. The van der Waals surface area contributed by atoms with E-state index in [1.165, 1.54) is 0 Å². The van der Waals surface area contributed by atoms with Gasteiger partial charge in [-0.3, -0.25) is 4.72 Å². The van der Waals surface area contributed by atoms with E-state index < -0.39 is 10.0 Å². The summed E-state index contributed by atoms with van der Waals surface area (Å²) in [7, 11) is -3.57. The Labute approximate surface area is 134 Å². The molecule has 5 heteroatoms. The van der Waals surface area contributed by atoms with E-state index in [2.05, 4.69) is 34.5 Å². The number of nitrogens with one attached hydrogen (secondary N) is 1. The first-order valence-corrected chi connectivity index (χ1v) is 9.09. The molecule has 0 fully saturated rings. The molecule has 0 aliphatic rings. The van der Waals surface area contributed by atoms with Gasteiger partial charge in [0.1, 0.15) is 0 Å². The third kappa shape index (κ3) is 3.86. The normalized spacial score (nSPS) is 12.9. The standard InChI is InChI=1S/C16H18BrNO2S/c1-3-12(2)13-8-10-14(11-9-13)21(19,20)18-16-7-5-4-6-15(16)17/h4-12,18H,3H2,1-2H3. The van der Waals surface area contributed by atoms with Crippen LogP contribution in [0.4, 0.5) is 5.69 Å². The Morgan fingerprint density at radius 1 is 1.10 bits per heavy atom. The number of hydrogen-bond acceptors (Lipinski definition) is 2. The minimum absolute atomic E-state index is 0.269. The maximum absolute atomic E-state index is 12.4. The minimum Gasteiger partial charge on any atom is -0.278 e. The van der Waals surface area contributed by atoms with Gasteiger partial charge in [-0.05, 0) is 58.1 Å². The number of halogens is 1. The van der Waals surface area contributed by atoms with Crippen LogP contribution >= 0.6 is 15.9 Å². The first kappa shape index (κ1) is 16.0. The Bertz CT molecular complexity index is 711. The van der Waals surface area contributed by atoms with Gasteiger partial charge in [0.15, 0.2) is 0 Å². The molecule has 2 rings (SSSR count). The van der Waals surface area contributed by atoms with Gasteiger partial charge < -0.3 is 0 Å². The molecule has 0 aliphatic carbocycles. The lowest BCUT2D eigenvalue weighted by Gasteiger charge is -2.12. The molecule has 1 atom stereocenters. The van der Waals surface area contributed by atoms with Crippen LogP contribution in [0.5, 0.6) is 0 Å². The van der Waals surface area contributed by atoms with E-state index in [0.29, 0.717) is 16.1 Å². The molecular formula is C16H18BrNO2S. The number of hydrogen-bond donors (Lipinski definition) is 1. The summed E-state index contributed by atoms with van der Waals surface area (Å²) in [5, 5.41) is 0. The Hall–Kier alpha value is -1.33. The fourth-order valence-electron chi connectivity index (χ4n) is 1.96. The van der Waals surface area contributed by atoms with Gasteiger partial charge in [0.2, 0.25) is 0 Å². The molecule has 0 heterocycles. The first-order valence-electron chi connectivity index (χ1n) is 6.81. The summed E-state index contributed by atoms with van der Waals surface area (Å²) in [6.45, 7) is 4.24. The number of benzene rings is 2. The molecule has 0 radical (unpaired) electrons. The molecule has 3 nitrogen and oxygen atoms in total. The van der Waals surface area contributed by atoms with Crippen molar-refractivity contribution in [3.63, 3.8) is 0 Å². The van der Waals surface area contributed by atoms with Gasteiger partial charge in [0, 0.05) is 4.47 Å². The van der Waals surface area contributed by atoms with E-state index in [0.717, 1.165) is 12.0 Å². The second-order valence-corrected chi connectivity index (χ2v) is 7.50. The van der Waals surface area contributed by atoms with E-state index in [1.807, 2.05) is 18.2 Å². The molecule has 0 bridgehead atoms. The summed E-state index contributed by atoms with van der Waals surface area (Å²) in [6, 6.07) is 14.2. The van der Waals surface area contributed by atoms with Crippen molar-refractivity contribution in [1.29, 1.82) is 0 Å². The zero-order valence-electron chi connectivity index (χ0n) is 12.0. The number of anilines is 1.